The smallest absolute Gasteiger partial charge is 0.246 e. The van der Waals surface area contributed by atoms with E-state index in [2.05, 4.69) is 37.7 Å². The molecule has 2 aliphatic heterocycles. The van der Waals surface area contributed by atoms with E-state index in [0.717, 1.165) is 59.5 Å². The minimum atomic E-state index is -0.562. The Bertz CT molecular complexity index is 1830. The lowest BCUT2D eigenvalue weighted by atomic mass is 10.0. The molecule has 0 radical (unpaired) electrons. The standard InChI is InChI=1S/C42H56N8O4/c1-7-36(51)47-38(26(3)4)41(53)49-21-9-11-32(49)23-44-24-33(43)30-17-13-28(14-18-30)29-15-19-31(20-16-29)34-25-45-40(46-34)35-12-10-22-50(35)42(54)39(27(5)6)48-37(52)8-2/h13-20,23-27,32,35,38-39H,7-12,21-22,43H2,1-6H3,(H,45,46)(H,47,51)(H,48,52)/b33-24-,44-23?/t32?,35?,38-,39-/m0/s1. The van der Waals surface area contributed by atoms with Crippen molar-refractivity contribution in [2.75, 3.05) is 13.1 Å². The van der Waals surface area contributed by atoms with E-state index in [1.54, 1.807) is 26.3 Å². The lowest BCUT2D eigenvalue weighted by molar-refractivity contribution is -0.138. The highest BCUT2D eigenvalue weighted by Gasteiger charge is 2.37. The Hall–Kier alpha value is -5.26. The molecular weight excluding hydrogens is 681 g/mol. The number of aromatic nitrogens is 2. The first kappa shape index (κ1) is 39.9. The second-order valence-electron chi connectivity index (χ2n) is 14.9. The van der Waals surface area contributed by atoms with Crippen LogP contribution < -0.4 is 16.4 Å². The first-order chi connectivity index (χ1) is 25.9. The number of nitrogens with one attached hydrogen (secondary N) is 3. The normalized spacial score (nSPS) is 18.8. The van der Waals surface area contributed by atoms with E-state index in [1.807, 2.05) is 80.1 Å². The first-order valence-electron chi connectivity index (χ1n) is 19.4. The lowest BCUT2D eigenvalue weighted by Crippen LogP contribution is -2.52. The summed E-state index contributed by atoms with van der Waals surface area (Å²) in [4.78, 5) is 67.4. The fourth-order valence-electron chi connectivity index (χ4n) is 7.12. The number of benzene rings is 2. The van der Waals surface area contributed by atoms with Gasteiger partial charge in [0.25, 0.3) is 0 Å². The van der Waals surface area contributed by atoms with Gasteiger partial charge in [0.15, 0.2) is 0 Å². The Kier molecular flexibility index (Phi) is 13.4. The summed E-state index contributed by atoms with van der Waals surface area (Å²) in [5.41, 5.74) is 11.7. The third-order valence-corrected chi connectivity index (χ3v) is 10.4. The van der Waals surface area contributed by atoms with Crippen molar-refractivity contribution in [3.05, 3.63) is 72.3 Å². The van der Waals surface area contributed by atoms with Crippen LogP contribution in [0.5, 0.6) is 0 Å². The number of H-pyrrole nitrogens is 1. The molecule has 1 aromatic heterocycles. The number of likely N-dealkylation sites (tertiary alicyclic amines) is 2. The number of imidazole rings is 1. The van der Waals surface area contributed by atoms with E-state index in [1.165, 1.54) is 0 Å². The second-order valence-corrected chi connectivity index (χ2v) is 14.9. The maximum Gasteiger partial charge on any atom is 0.246 e. The van der Waals surface area contributed by atoms with Gasteiger partial charge in [-0.25, -0.2) is 4.98 Å². The molecule has 5 rings (SSSR count). The summed E-state index contributed by atoms with van der Waals surface area (Å²) in [5.74, 6) is 0.312. The molecule has 2 unspecified atom stereocenters. The predicted molar refractivity (Wildman–Crippen MR) is 213 cm³/mol. The molecule has 0 saturated carbocycles. The van der Waals surface area contributed by atoms with Gasteiger partial charge in [-0.3, -0.25) is 24.2 Å². The molecular formula is C42H56N8O4. The van der Waals surface area contributed by atoms with Crippen LogP contribution >= 0.6 is 0 Å². The van der Waals surface area contributed by atoms with Crippen molar-refractivity contribution < 1.29 is 19.2 Å². The quantitative estimate of drug-likeness (QED) is 0.152. The summed E-state index contributed by atoms with van der Waals surface area (Å²) in [7, 11) is 0. The SMILES string of the molecule is CCC(=O)N[C@H](C(=O)N1CCCC1C=N/C=C(\N)c1ccc(-c2ccc(-c3cnc(C4CCCN4C(=O)[C@@H](NC(=O)CC)C(C)C)[nH]3)cc2)cc1)C(C)C. The predicted octanol–water partition coefficient (Wildman–Crippen LogP) is 5.83. The van der Waals surface area contributed by atoms with Crippen LogP contribution in [0.15, 0.2) is 65.9 Å². The number of amides is 4. The van der Waals surface area contributed by atoms with Crippen molar-refractivity contribution in [3.8, 4) is 22.4 Å². The molecule has 5 N–H and O–H groups in total. The monoisotopic (exact) mass is 736 g/mol. The Morgan fingerprint density at radius 3 is 1.91 bits per heavy atom. The van der Waals surface area contributed by atoms with Crippen LogP contribution in [0.25, 0.3) is 28.1 Å². The van der Waals surface area contributed by atoms with Crippen molar-refractivity contribution in [1.29, 1.82) is 0 Å². The van der Waals surface area contributed by atoms with E-state index in [-0.39, 0.29) is 47.5 Å². The van der Waals surface area contributed by atoms with Gasteiger partial charge in [0.2, 0.25) is 23.6 Å². The highest BCUT2D eigenvalue weighted by Crippen LogP contribution is 2.33. The van der Waals surface area contributed by atoms with Gasteiger partial charge in [-0.15, -0.1) is 0 Å². The summed E-state index contributed by atoms with van der Waals surface area (Å²) in [5, 5.41) is 5.79. The maximum absolute atomic E-state index is 13.6. The molecule has 54 heavy (non-hydrogen) atoms. The molecule has 4 atom stereocenters. The average Bonchev–Trinajstić information content (AvgIpc) is 3.97. The third-order valence-electron chi connectivity index (χ3n) is 10.4. The molecule has 2 fully saturated rings. The number of hydrogen-bond acceptors (Lipinski definition) is 7. The zero-order valence-electron chi connectivity index (χ0n) is 32.5. The second kappa shape index (κ2) is 18.2. The highest BCUT2D eigenvalue weighted by molar-refractivity contribution is 5.90. The molecule has 3 heterocycles. The Morgan fingerprint density at radius 2 is 1.33 bits per heavy atom. The minimum absolute atomic E-state index is 0.0215. The van der Waals surface area contributed by atoms with Crippen LogP contribution in [0.3, 0.4) is 0 Å². The molecule has 288 valence electrons. The largest absolute Gasteiger partial charge is 0.397 e. The summed E-state index contributed by atoms with van der Waals surface area (Å²) in [6, 6.07) is 14.8. The van der Waals surface area contributed by atoms with Crippen LogP contribution in [0.4, 0.5) is 0 Å². The zero-order valence-corrected chi connectivity index (χ0v) is 32.5. The number of aliphatic imine (C=N–C) groups is 1. The Balaban J connectivity index is 1.20. The van der Waals surface area contributed by atoms with Crippen molar-refractivity contribution in [2.45, 2.75) is 104 Å². The number of carbonyl (C=O) groups is 4. The maximum atomic E-state index is 13.6. The van der Waals surface area contributed by atoms with Gasteiger partial charge < -0.3 is 31.2 Å². The Labute approximate surface area is 319 Å². The average molecular weight is 737 g/mol. The molecule has 2 aromatic carbocycles. The van der Waals surface area contributed by atoms with Crippen LogP contribution in [-0.2, 0) is 19.2 Å². The molecule has 2 saturated heterocycles. The van der Waals surface area contributed by atoms with Crippen molar-refractivity contribution >= 4 is 35.5 Å². The minimum Gasteiger partial charge on any atom is -0.397 e. The van der Waals surface area contributed by atoms with Gasteiger partial charge in [-0.05, 0) is 59.8 Å². The number of rotatable bonds is 14. The summed E-state index contributed by atoms with van der Waals surface area (Å²) < 4.78 is 0. The number of nitrogens with zero attached hydrogens (tertiary/aromatic N) is 4. The number of carbonyl (C=O) groups excluding carboxylic acids is 4. The fourth-order valence-corrected chi connectivity index (χ4v) is 7.12. The molecule has 2 aliphatic rings. The van der Waals surface area contributed by atoms with Crippen molar-refractivity contribution in [2.24, 2.45) is 22.6 Å². The Morgan fingerprint density at radius 1 is 0.815 bits per heavy atom. The van der Waals surface area contributed by atoms with Gasteiger partial charge in [0.05, 0.1) is 35.9 Å². The topological polar surface area (TPSA) is 166 Å². The molecule has 0 spiro atoms. The van der Waals surface area contributed by atoms with Crippen LogP contribution in [0.1, 0.15) is 97.5 Å². The number of nitrogens with two attached hydrogens (primary N) is 1. The lowest BCUT2D eigenvalue weighted by Gasteiger charge is -2.30. The number of hydrogen-bond donors (Lipinski definition) is 4. The van der Waals surface area contributed by atoms with E-state index in [0.29, 0.717) is 31.6 Å². The third kappa shape index (κ3) is 9.45. The highest BCUT2D eigenvalue weighted by atomic mass is 16.2. The summed E-state index contributed by atoms with van der Waals surface area (Å²) in [6.45, 7) is 12.6. The van der Waals surface area contributed by atoms with Gasteiger partial charge in [0, 0.05) is 32.1 Å². The number of aromatic amines is 1. The van der Waals surface area contributed by atoms with E-state index >= 15 is 0 Å². The molecule has 12 heteroatoms. The fraction of sp³-hybridized carbons (Fsp3) is 0.476. The van der Waals surface area contributed by atoms with Crippen LogP contribution in [0.2, 0.25) is 0 Å². The van der Waals surface area contributed by atoms with Gasteiger partial charge in [0.1, 0.15) is 17.9 Å². The summed E-state index contributed by atoms with van der Waals surface area (Å²) >= 11 is 0. The van der Waals surface area contributed by atoms with E-state index in [4.69, 9.17) is 5.73 Å². The zero-order chi connectivity index (χ0) is 38.9. The molecule has 0 aliphatic carbocycles. The van der Waals surface area contributed by atoms with E-state index < -0.39 is 12.1 Å². The van der Waals surface area contributed by atoms with Crippen molar-refractivity contribution in [3.63, 3.8) is 0 Å². The molecule has 4 amide bonds. The van der Waals surface area contributed by atoms with Gasteiger partial charge >= 0.3 is 0 Å². The van der Waals surface area contributed by atoms with Gasteiger partial charge in [-0.2, -0.15) is 0 Å². The van der Waals surface area contributed by atoms with Crippen LogP contribution in [0, 0.1) is 11.8 Å². The van der Waals surface area contributed by atoms with Crippen LogP contribution in [-0.4, -0.2) is 80.8 Å². The van der Waals surface area contributed by atoms with Gasteiger partial charge in [-0.1, -0.05) is 90.1 Å². The molecule has 3 aromatic rings. The molecule has 12 nitrogen and oxygen atoms in total. The first-order valence-corrected chi connectivity index (χ1v) is 19.4. The summed E-state index contributed by atoms with van der Waals surface area (Å²) in [6.07, 6.45) is 9.26. The van der Waals surface area contributed by atoms with Crippen molar-refractivity contribution in [1.82, 2.24) is 30.4 Å². The van der Waals surface area contributed by atoms with E-state index in [9.17, 15) is 19.2 Å². The molecule has 0 bridgehead atoms.